The lowest BCUT2D eigenvalue weighted by atomic mass is 10.2. The molecule has 0 bridgehead atoms. The van der Waals surface area contributed by atoms with Crippen molar-refractivity contribution >= 4 is 11.9 Å². The van der Waals surface area contributed by atoms with E-state index in [1.807, 2.05) is 13.8 Å². The Morgan fingerprint density at radius 1 is 1.42 bits per heavy atom. The van der Waals surface area contributed by atoms with E-state index in [9.17, 15) is 9.59 Å². The van der Waals surface area contributed by atoms with Crippen LogP contribution in [0.5, 0.6) is 0 Å². The average Bonchev–Trinajstić information content (AvgIpc) is 1.96. The number of carbonyl (C=O) groups excluding carboxylic acids is 2. The Hall–Kier alpha value is -1.32. The summed E-state index contributed by atoms with van der Waals surface area (Å²) in [4.78, 5) is 20.9. The highest BCUT2D eigenvalue weighted by Crippen LogP contribution is 1.93. The lowest BCUT2D eigenvalue weighted by Gasteiger charge is -2.03. The summed E-state index contributed by atoms with van der Waals surface area (Å²) in [6.07, 6.45) is 1.99. The molecule has 0 atom stereocenters. The molecule has 12 heavy (non-hydrogen) atoms. The Bertz CT molecular complexity index is 196. The lowest BCUT2D eigenvalue weighted by Crippen LogP contribution is -2.10. The van der Waals surface area contributed by atoms with Gasteiger partial charge in [-0.15, -0.1) is 0 Å². The van der Waals surface area contributed by atoms with Crippen LogP contribution in [0.1, 0.15) is 13.8 Å². The maximum atomic E-state index is 10.7. The predicted molar refractivity (Wildman–Crippen MR) is 44.1 cm³/mol. The first-order valence-electron chi connectivity index (χ1n) is 3.66. The maximum absolute atomic E-state index is 10.7. The fourth-order valence-corrected chi connectivity index (χ4v) is 0.447. The third-order valence-electron chi connectivity index (χ3n) is 0.943. The summed E-state index contributed by atoms with van der Waals surface area (Å²) in [5.74, 6) is -0.907. The van der Waals surface area contributed by atoms with Crippen molar-refractivity contribution in [1.29, 1.82) is 0 Å². The molecule has 68 valence electrons. The number of hydrogen-bond acceptors (Lipinski definition) is 3. The van der Waals surface area contributed by atoms with Crippen LogP contribution in [0, 0.1) is 5.92 Å². The van der Waals surface area contributed by atoms with Gasteiger partial charge in [-0.1, -0.05) is 13.8 Å². The third kappa shape index (κ3) is 6.80. The van der Waals surface area contributed by atoms with E-state index in [0.717, 1.165) is 12.2 Å². The molecule has 0 heterocycles. The predicted octanol–water partition coefficient (Wildman–Crippen LogP) is 0.227. The van der Waals surface area contributed by atoms with Gasteiger partial charge in [-0.05, 0) is 5.92 Å². The molecule has 0 aromatic heterocycles. The molecule has 0 spiro atoms. The van der Waals surface area contributed by atoms with Crippen LogP contribution in [0.2, 0.25) is 0 Å². The number of esters is 1. The molecular formula is C8H13NO3. The first kappa shape index (κ1) is 10.7. The Kier molecular flexibility index (Phi) is 4.76. The zero-order valence-electron chi connectivity index (χ0n) is 7.24. The van der Waals surface area contributed by atoms with Gasteiger partial charge < -0.3 is 10.5 Å². The molecule has 2 N–H and O–H groups in total. The standard InChI is InChI=1S/C8H13NO3/c1-6(2)5-12-8(11)4-3-7(9)10/h3-4,6H,5H2,1-2H3,(H2,9,10)/b4-3-. The molecule has 0 aliphatic rings. The van der Waals surface area contributed by atoms with Crippen molar-refractivity contribution in [2.24, 2.45) is 11.7 Å². The molecule has 0 saturated heterocycles. The van der Waals surface area contributed by atoms with Gasteiger partial charge in [-0.2, -0.15) is 0 Å². The van der Waals surface area contributed by atoms with E-state index in [1.165, 1.54) is 0 Å². The molecule has 1 amide bonds. The number of rotatable bonds is 4. The van der Waals surface area contributed by atoms with E-state index in [-0.39, 0.29) is 5.92 Å². The average molecular weight is 171 g/mol. The molecule has 0 rings (SSSR count). The lowest BCUT2D eigenvalue weighted by molar-refractivity contribution is -0.139. The number of ether oxygens (including phenoxy) is 1. The molecule has 0 aliphatic carbocycles. The SMILES string of the molecule is CC(C)COC(=O)/C=C\C(N)=O. The Balaban J connectivity index is 3.67. The zero-order valence-corrected chi connectivity index (χ0v) is 7.24. The largest absolute Gasteiger partial charge is 0.462 e. The van der Waals surface area contributed by atoms with Crippen LogP contribution in [-0.4, -0.2) is 18.5 Å². The number of primary amides is 1. The molecule has 4 heteroatoms. The van der Waals surface area contributed by atoms with Crippen molar-refractivity contribution < 1.29 is 14.3 Å². The van der Waals surface area contributed by atoms with E-state index >= 15 is 0 Å². The fourth-order valence-electron chi connectivity index (χ4n) is 0.447. The summed E-state index contributed by atoms with van der Waals surface area (Å²) in [7, 11) is 0. The van der Waals surface area contributed by atoms with Gasteiger partial charge in [0.05, 0.1) is 6.61 Å². The van der Waals surface area contributed by atoms with Gasteiger partial charge in [0.15, 0.2) is 0 Å². The number of hydrogen-bond donors (Lipinski definition) is 1. The quantitative estimate of drug-likeness (QED) is 0.486. The first-order chi connectivity index (χ1) is 5.52. The van der Waals surface area contributed by atoms with Crippen molar-refractivity contribution in [3.8, 4) is 0 Å². The van der Waals surface area contributed by atoms with Crippen LogP contribution >= 0.6 is 0 Å². The van der Waals surface area contributed by atoms with Gasteiger partial charge in [-0.25, -0.2) is 4.79 Å². The second-order valence-electron chi connectivity index (χ2n) is 2.76. The van der Waals surface area contributed by atoms with Gasteiger partial charge in [0.2, 0.25) is 5.91 Å². The van der Waals surface area contributed by atoms with Gasteiger partial charge >= 0.3 is 5.97 Å². The number of amides is 1. The second-order valence-corrected chi connectivity index (χ2v) is 2.76. The van der Waals surface area contributed by atoms with Crippen molar-refractivity contribution in [2.45, 2.75) is 13.8 Å². The molecule has 0 saturated carbocycles. The monoisotopic (exact) mass is 171 g/mol. The summed E-state index contributed by atoms with van der Waals surface area (Å²) >= 11 is 0. The first-order valence-corrected chi connectivity index (χ1v) is 3.66. The molecule has 4 nitrogen and oxygen atoms in total. The van der Waals surface area contributed by atoms with E-state index in [4.69, 9.17) is 10.5 Å². The number of carbonyl (C=O) groups is 2. The number of nitrogens with two attached hydrogens (primary N) is 1. The summed E-state index contributed by atoms with van der Waals surface area (Å²) in [6.45, 7) is 4.19. The Morgan fingerprint density at radius 3 is 2.42 bits per heavy atom. The second kappa shape index (κ2) is 5.35. The molecule has 0 fully saturated rings. The molecular weight excluding hydrogens is 158 g/mol. The molecule has 0 aromatic carbocycles. The zero-order chi connectivity index (χ0) is 9.56. The Morgan fingerprint density at radius 2 is 2.00 bits per heavy atom. The van der Waals surface area contributed by atoms with Gasteiger partial charge in [0, 0.05) is 12.2 Å². The molecule has 0 radical (unpaired) electrons. The fraction of sp³-hybridized carbons (Fsp3) is 0.500. The van der Waals surface area contributed by atoms with Crippen molar-refractivity contribution in [3.05, 3.63) is 12.2 Å². The summed E-state index contributed by atoms with van der Waals surface area (Å²) < 4.78 is 4.72. The van der Waals surface area contributed by atoms with E-state index in [0.29, 0.717) is 6.61 Å². The molecule has 0 aliphatic heterocycles. The third-order valence-corrected chi connectivity index (χ3v) is 0.943. The maximum Gasteiger partial charge on any atom is 0.330 e. The van der Waals surface area contributed by atoms with Crippen molar-refractivity contribution in [1.82, 2.24) is 0 Å². The highest BCUT2D eigenvalue weighted by Gasteiger charge is 1.99. The van der Waals surface area contributed by atoms with Crippen molar-refractivity contribution in [3.63, 3.8) is 0 Å². The highest BCUT2D eigenvalue weighted by molar-refractivity contribution is 5.93. The molecule has 0 aromatic rings. The van der Waals surface area contributed by atoms with Crippen LogP contribution in [0.25, 0.3) is 0 Å². The van der Waals surface area contributed by atoms with Gasteiger partial charge in [0.25, 0.3) is 0 Å². The highest BCUT2D eigenvalue weighted by atomic mass is 16.5. The van der Waals surface area contributed by atoms with Gasteiger partial charge in [-0.3, -0.25) is 4.79 Å². The van der Waals surface area contributed by atoms with Crippen LogP contribution in [0.15, 0.2) is 12.2 Å². The normalized spacial score (nSPS) is 10.6. The summed E-state index contributed by atoms with van der Waals surface area (Å²) in [5, 5.41) is 0. The Labute approximate surface area is 71.4 Å². The van der Waals surface area contributed by atoms with E-state index < -0.39 is 11.9 Å². The minimum absolute atomic E-state index is 0.288. The van der Waals surface area contributed by atoms with Crippen LogP contribution in [0.3, 0.4) is 0 Å². The smallest absolute Gasteiger partial charge is 0.330 e. The van der Waals surface area contributed by atoms with Crippen LogP contribution in [0.4, 0.5) is 0 Å². The van der Waals surface area contributed by atoms with E-state index in [1.54, 1.807) is 0 Å². The van der Waals surface area contributed by atoms with Crippen LogP contribution in [-0.2, 0) is 14.3 Å². The van der Waals surface area contributed by atoms with Gasteiger partial charge in [0.1, 0.15) is 0 Å². The topological polar surface area (TPSA) is 69.4 Å². The molecule has 0 unspecified atom stereocenters. The minimum atomic E-state index is -0.656. The van der Waals surface area contributed by atoms with Crippen molar-refractivity contribution in [2.75, 3.05) is 6.61 Å². The summed E-state index contributed by atoms with van der Waals surface area (Å²) in [5.41, 5.74) is 4.76. The van der Waals surface area contributed by atoms with E-state index in [2.05, 4.69) is 0 Å². The minimum Gasteiger partial charge on any atom is -0.462 e. The van der Waals surface area contributed by atoms with Crippen LogP contribution < -0.4 is 5.73 Å². The summed E-state index contributed by atoms with van der Waals surface area (Å²) in [6, 6.07) is 0.